The van der Waals surface area contributed by atoms with Crippen LogP contribution in [0, 0.1) is 4.77 Å². The number of ether oxygens (including phenoxy) is 1. The maximum absolute atomic E-state index is 11.7. The molecule has 6 nitrogen and oxygen atoms in total. The molecule has 1 unspecified atom stereocenters. The molecule has 2 atom stereocenters. The molecule has 8 heteroatoms. The molecular weight excluding hydrogens is 308 g/mol. The Balaban J connectivity index is 1.70. The topological polar surface area (TPSA) is 53.5 Å². The summed E-state index contributed by atoms with van der Waals surface area (Å²) in [5, 5.41) is 4.62. The van der Waals surface area contributed by atoms with Crippen molar-refractivity contribution in [3.63, 3.8) is 0 Å². The van der Waals surface area contributed by atoms with Crippen LogP contribution in [-0.4, -0.2) is 51.5 Å². The number of rotatable bonds is 4. The van der Waals surface area contributed by atoms with Crippen LogP contribution < -0.4 is 4.90 Å². The minimum atomic E-state index is -0.125. The fraction of sp³-hybridized carbons (Fsp3) is 0.769. The van der Waals surface area contributed by atoms with Gasteiger partial charge in [0.15, 0.2) is 11.9 Å². The van der Waals surface area contributed by atoms with E-state index in [1.807, 2.05) is 16.3 Å². The predicted octanol–water partition coefficient (Wildman–Crippen LogP) is -0.0407. The van der Waals surface area contributed by atoms with Gasteiger partial charge in [0.1, 0.15) is 12.4 Å². The SMILES string of the molecule is COC(=O)[C@@H]1C[NH+](Cn2nc(C3CC3)n(C)c2=S)CCS1. The van der Waals surface area contributed by atoms with Gasteiger partial charge in [-0.15, -0.1) is 11.8 Å². The van der Waals surface area contributed by atoms with Gasteiger partial charge in [-0.25, -0.2) is 0 Å². The van der Waals surface area contributed by atoms with Gasteiger partial charge < -0.3 is 14.2 Å². The monoisotopic (exact) mass is 329 g/mol. The number of quaternary nitrogens is 1. The second-order valence-corrected chi connectivity index (χ2v) is 7.39. The third-order valence-corrected chi connectivity index (χ3v) is 5.79. The lowest BCUT2D eigenvalue weighted by Gasteiger charge is -2.27. The molecule has 0 radical (unpaired) electrons. The van der Waals surface area contributed by atoms with Gasteiger partial charge in [0.25, 0.3) is 0 Å². The summed E-state index contributed by atoms with van der Waals surface area (Å²) in [6.45, 7) is 2.52. The zero-order valence-corrected chi connectivity index (χ0v) is 14.0. The zero-order valence-electron chi connectivity index (χ0n) is 12.4. The second-order valence-electron chi connectivity index (χ2n) is 5.72. The van der Waals surface area contributed by atoms with Crippen LogP contribution in [0.15, 0.2) is 0 Å². The van der Waals surface area contributed by atoms with E-state index in [1.54, 1.807) is 11.8 Å². The quantitative estimate of drug-likeness (QED) is 0.620. The number of thioether (sulfide) groups is 1. The van der Waals surface area contributed by atoms with Crippen LogP contribution in [0.4, 0.5) is 0 Å². The standard InChI is InChI=1S/C13H20N4O2S2/c1-15-11(9-3-4-9)14-17(13(15)20)8-16-5-6-21-10(7-16)12(18)19-2/h9-10H,3-8H2,1-2H3/p+1/t10-/m0/s1. The van der Waals surface area contributed by atoms with Gasteiger partial charge in [-0.05, 0) is 25.1 Å². The van der Waals surface area contributed by atoms with E-state index in [4.69, 9.17) is 17.0 Å². The second kappa shape index (κ2) is 6.10. The summed E-state index contributed by atoms with van der Waals surface area (Å²) >= 11 is 7.17. The molecule has 0 bridgehead atoms. The third kappa shape index (κ3) is 3.17. The highest BCUT2D eigenvalue weighted by Crippen LogP contribution is 2.38. The molecule has 1 N–H and O–H groups in total. The summed E-state index contributed by atoms with van der Waals surface area (Å²) in [4.78, 5) is 13.0. The van der Waals surface area contributed by atoms with E-state index in [0.29, 0.717) is 5.92 Å². The van der Waals surface area contributed by atoms with Crippen molar-refractivity contribution in [2.24, 2.45) is 7.05 Å². The van der Waals surface area contributed by atoms with Crippen molar-refractivity contribution in [2.75, 3.05) is 26.0 Å². The number of hydrogen-bond acceptors (Lipinski definition) is 5. The van der Waals surface area contributed by atoms with Crippen molar-refractivity contribution in [3.05, 3.63) is 10.6 Å². The fourth-order valence-corrected chi connectivity index (χ4v) is 4.19. The molecule has 2 heterocycles. The smallest absolute Gasteiger partial charge is 0.324 e. The van der Waals surface area contributed by atoms with Crippen molar-refractivity contribution >= 4 is 29.9 Å². The van der Waals surface area contributed by atoms with Crippen LogP contribution in [-0.2, 0) is 23.2 Å². The van der Waals surface area contributed by atoms with Crippen molar-refractivity contribution in [1.29, 1.82) is 0 Å². The average molecular weight is 329 g/mol. The van der Waals surface area contributed by atoms with Gasteiger partial charge in [0.2, 0.25) is 4.77 Å². The highest BCUT2D eigenvalue weighted by Gasteiger charge is 2.32. The molecule has 1 aromatic heterocycles. The molecule has 0 spiro atoms. The molecule has 1 aromatic rings. The van der Waals surface area contributed by atoms with Crippen LogP contribution in [0.2, 0.25) is 0 Å². The summed E-state index contributed by atoms with van der Waals surface area (Å²) in [6.07, 6.45) is 2.44. The van der Waals surface area contributed by atoms with Crippen LogP contribution in [0.3, 0.4) is 0 Å². The lowest BCUT2D eigenvalue weighted by molar-refractivity contribution is -0.921. The minimum absolute atomic E-state index is 0.0699. The fourth-order valence-electron chi connectivity index (χ4n) is 2.71. The maximum Gasteiger partial charge on any atom is 0.324 e. The molecule has 116 valence electrons. The molecule has 21 heavy (non-hydrogen) atoms. The molecule has 1 saturated heterocycles. The number of nitrogens with zero attached hydrogens (tertiary/aromatic N) is 3. The normalized spacial score (nSPS) is 25.8. The first-order chi connectivity index (χ1) is 10.1. The van der Waals surface area contributed by atoms with E-state index in [1.165, 1.54) is 24.9 Å². The predicted molar refractivity (Wildman–Crippen MR) is 83.0 cm³/mol. The Hall–Kier alpha value is -0.860. The Bertz CT molecular complexity index is 593. The van der Waals surface area contributed by atoms with E-state index in [9.17, 15) is 4.79 Å². The van der Waals surface area contributed by atoms with Gasteiger partial charge in [-0.2, -0.15) is 9.78 Å². The number of methoxy groups -OCH3 is 1. The van der Waals surface area contributed by atoms with E-state index < -0.39 is 0 Å². The Labute approximate surface area is 133 Å². The van der Waals surface area contributed by atoms with Crippen LogP contribution in [0.5, 0.6) is 0 Å². The van der Waals surface area contributed by atoms with Crippen molar-refractivity contribution in [2.45, 2.75) is 30.7 Å². The summed E-state index contributed by atoms with van der Waals surface area (Å²) in [6, 6.07) is 0. The number of esters is 1. The third-order valence-electron chi connectivity index (χ3n) is 4.10. The summed E-state index contributed by atoms with van der Waals surface area (Å²) in [5.41, 5.74) is 0. The van der Waals surface area contributed by atoms with Crippen molar-refractivity contribution < 1.29 is 14.4 Å². The average Bonchev–Trinajstić information content (AvgIpc) is 3.30. The number of nitrogens with one attached hydrogen (secondary N) is 1. The van der Waals surface area contributed by atoms with Crippen LogP contribution >= 0.6 is 24.0 Å². The van der Waals surface area contributed by atoms with E-state index >= 15 is 0 Å². The van der Waals surface area contributed by atoms with Crippen molar-refractivity contribution in [1.82, 2.24) is 14.3 Å². The lowest BCUT2D eigenvalue weighted by atomic mass is 10.3. The van der Waals surface area contributed by atoms with Crippen molar-refractivity contribution in [3.8, 4) is 0 Å². The first kappa shape index (κ1) is 15.1. The molecule has 2 aliphatic rings. The largest absolute Gasteiger partial charge is 0.468 e. The number of aromatic nitrogens is 3. The Kier molecular flexibility index (Phi) is 4.37. The molecular formula is C13H21N4O2S2+. The van der Waals surface area contributed by atoms with E-state index in [-0.39, 0.29) is 11.2 Å². The molecule has 2 fully saturated rings. The van der Waals surface area contributed by atoms with Gasteiger partial charge in [0, 0.05) is 18.7 Å². The van der Waals surface area contributed by atoms with Crippen LogP contribution in [0.25, 0.3) is 0 Å². The molecule has 1 aliphatic heterocycles. The van der Waals surface area contributed by atoms with Gasteiger partial charge in [-0.3, -0.25) is 4.79 Å². The molecule has 1 saturated carbocycles. The summed E-state index contributed by atoms with van der Waals surface area (Å²) in [7, 11) is 3.45. The van der Waals surface area contributed by atoms with E-state index in [2.05, 4.69) is 5.10 Å². The van der Waals surface area contributed by atoms with Gasteiger partial charge >= 0.3 is 5.97 Å². The molecule has 3 rings (SSSR count). The van der Waals surface area contributed by atoms with E-state index in [0.717, 1.165) is 36.1 Å². The first-order valence-corrected chi connectivity index (χ1v) is 8.72. The summed E-state index contributed by atoms with van der Waals surface area (Å²) < 4.78 is 9.58. The Morgan fingerprint density at radius 2 is 2.33 bits per heavy atom. The highest BCUT2D eigenvalue weighted by atomic mass is 32.2. The summed E-state index contributed by atoms with van der Waals surface area (Å²) in [5.74, 6) is 2.54. The Morgan fingerprint density at radius 3 is 3.00 bits per heavy atom. The molecule has 0 aromatic carbocycles. The zero-order chi connectivity index (χ0) is 15.0. The number of carbonyl (C=O) groups is 1. The lowest BCUT2D eigenvalue weighted by Crippen LogP contribution is -3.14. The maximum atomic E-state index is 11.7. The Morgan fingerprint density at radius 1 is 1.57 bits per heavy atom. The van der Waals surface area contributed by atoms with Crippen LogP contribution in [0.1, 0.15) is 24.6 Å². The highest BCUT2D eigenvalue weighted by molar-refractivity contribution is 8.00. The minimum Gasteiger partial charge on any atom is -0.468 e. The number of hydrogen-bond donors (Lipinski definition) is 1. The van der Waals surface area contributed by atoms with Gasteiger partial charge in [0.05, 0.1) is 13.7 Å². The molecule has 0 amide bonds. The van der Waals surface area contributed by atoms with Gasteiger partial charge in [-0.1, -0.05) is 0 Å². The first-order valence-electron chi connectivity index (χ1n) is 7.27. The molecule has 1 aliphatic carbocycles. The number of carbonyl (C=O) groups excluding carboxylic acids is 1.